The van der Waals surface area contributed by atoms with Crippen LogP contribution in [0.1, 0.15) is 81.8 Å². The van der Waals surface area contributed by atoms with E-state index in [0.717, 1.165) is 43.2 Å². The highest BCUT2D eigenvalue weighted by Crippen LogP contribution is 2.48. The molecule has 0 bridgehead atoms. The van der Waals surface area contributed by atoms with E-state index in [-0.39, 0.29) is 35.9 Å². The van der Waals surface area contributed by atoms with Gasteiger partial charge in [0.05, 0.1) is 20.8 Å². The standard InChI is InChI=1S/C33H39NO7/c1-5-40-28-18-21(11-13-25(28)35)31-30(33(37)41-23-9-7-6-8-10-23)19(2)34-24-15-22(16-26(36)32(24)31)20-12-14-27(38-3)29(17-20)39-4/h11-14,17-18,22-23,30-31,35H,5-10,15-16H2,1-4H3. The van der Waals surface area contributed by atoms with E-state index in [1.165, 1.54) is 0 Å². The summed E-state index contributed by atoms with van der Waals surface area (Å²) >= 11 is 0. The van der Waals surface area contributed by atoms with Crippen molar-refractivity contribution in [2.75, 3.05) is 20.8 Å². The monoisotopic (exact) mass is 561 g/mol. The first-order valence-corrected chi connectivity index (χ1v) is 14.5. The topological polar surface area (TPSA) is 104 Å². The Kier molecular flexibility index (Phi) is 8.66. The molecular weight excluding hydrogens is 522 g/mol. The molecule has 8 heteroatoms. The summed E-state index contributed by atoms with van der Waals surface area (Å²) in [6, 6.07) is 10.8. The first kappa shape index (κ1) is 28.7. The zero-order valence-electron chi connectivity index (χ0n) is 24.3. The molecule has 3 unspecified atom stereocenters. The van der Waals surface area contributed by atoms with Crippen molar-refractivity contribution in [1.29, 1.82) is 0 Å². The third-order valence-electron chi connectivity index (χ3n) is 8.50. The number of allylic oxidation sites excluding steroid dienone is 2. The van der Waals surface area contributed by atoms with Gasteiger partial charge in [0.15, 0.2) is 28.8 Å². The minimum Gasteiger partial charge on any atom is -0.504 e. The second-order valence-electron chi connectivity index (χ2n) is 11.1. The van der Waals surface area contributed by atoms with Crippen LogP contribution in [0.2, 0.25) is 0 Å². The number of phenolic OH excluding ortho intramolecular Hbond substituents is 1. The summed E-state index contributed by atoms with van der Waals surface area (Å²) in [6.45, 7) is 4.06. The summed E-state index contributed by atoms with van der Waals surface area (Å²) in [6.07, 6.45) is 5.65. The van der Waals surface area contributed by atoms with Gasteiger partial charge in [0.25, 0.3) is 0 Å². The number of hydrogen-bond donors (Lipinski definition) is 1. The van der Waals surface area contributed by atoms with Crippen LogP contribution in [0.25, 0.3) is 0 Å². The Labute approximate surface area is 241 Å². The molecule has 1 saturated carbocycles. The molecule has 3 aliphatic rings. The molecule has 3 atom stereocenters. The molecule has 1 heterocycles. The van der Waals surface area contributed by atoms with E-state index in [1.807, 2.05) is 32.0 Å². The van der Waals surface area contributed by atoms with Gasteiger partial charge in [-0.05, 0) is 87.3 Å². The second kappa shape index (κ2) is 12.4. The number of esters is 1. The molecule has 1 N–H and O–H groups in total. The fourth-order valence-corrected chi connectivity index (χ4v) is 6.48. The predicted molar refractivity (Wildman–Crippen MR) is 155 cm³/mol. The fraction of sp³-hybridized carbons (Fsp3) is 0.485. The third-order valence-corrected chi connectivity index (χ3v) is 8.50. The summed E-state index contributed by atoms with van der Waals surface area (Å²) in [5, 5.41) is 10.4. The van der Waals surface area contributed by atoms with Gasteiger partial charge >= 0.3 is 5.97 Å². The van der Waals surface area contributed by atoms with E-state index in [4.69, 9.17) is 23.9 Å². The molecule has 0 amide bonds. The molecule has 0 radical (unpaired) electrons. The molecule has 41 heavy (non-hydrogen) atoms. The van der Waals surface area contributed by atoms with Crippen molar-refractivity contribution in [2.24, 2.45) is 10.9 Å². The highest BCUT2D eigenvalue weighted by atomic mass is 16.5. The number of Topliss-reactive ketones (excluding diaryl/α,β-unsaturated/α-hetero) is 1. The number of phenols is 1. The van der Waals surface area contributed by atoms with Crippen molar-refractivity contribution < 1.29 is 33.6 Å². The average Bonchev–Trinajstić information content (AvgIpc) is 2.97. The van der Waals surface area contributed by atoms with Crippen LogP contribution in [0.3, 0.4) is 0 Å². The van der Waals surface area contributed by atoms with Crippen LogP contribution in [-0.2, 0) is 14.3 Å². The van der Waals surface area contributed by atoms with E-state index in [1.54, 1.807) is 32.4 Å². The zero-order chi connectivity index (χ0) is 29.1. The molecule has 5 rings (SSSR count). The second-order valence-corrected chi connectivity index (χ2v) is 11.1. The Balaban J connectivity index is 1.55. The lowest BCUT2D eigenvalue weighted by atomic mass is 9.69. The highest BCUT2D eigenvalue weighted by Gasteiger charge is 2.45. The lowest BCUT2D eigenvalue weighted by Crippen LogP contribution is -2.39. The van der Waals surface area contributed by atoms with Gasteiger partial charge in [-0.25, -0.2) is 0 Å². The maximum Gasteiger partial charge on any atom is 0.315 e. The Bertz CT molecular complexity index is 1370. The van der Waals surface area contributed by atoms with E-state index in [9.17, 15) is 14.7 Å². The highest BCUT2D eigenvalue weighted by molar-refractivity contribution is 6.09. The Morgan fingerprint density at radius 3 is 2.37 bits per heavy atom. The van der Waals surface area contributed by atoms with Crippen LogP contribution in [-0.4, -0.2) is 49.5 Å². The van der Waals surface area contributed by atoms with Gasteiger partial charge in [-0.15, -0.1) is 0 Å². The number of rotatable bonds is 8. The average molecular weight is 562 g/mol. The van der Waals surface area contributed by atoms with Gasteiger partial charge in [0.1, 0.15) is 12.0 Å². The number of carbonyl (C=O) groups is 2. The van der Waals surface area contributed by atoms with Crippen molar-refractivity contribution in [2.45, 2.75) is 76.7 Å². The van der Waals surface area contributed by atoms with Crippen molar-refractivity contribution in [3.05, 3.63) is 58.8 Å². The molecule has 1 fully saturated rings. The van der Waals surface area contributed by atoms with Crippen LogP contribution in [0.4, 0.5) is 0 Å². The molecule has 1 aliphatic heterocycles. The molecule has 0 aromatic heterocycles. The summed E-state index contributed by atoms with van der Waals surface area (Å²) in [7, 11) is 3.18. The van der Waals surface area contributed by atoms with Gasteiger partial charge in [-0.3, -0.25) is 14.6 Å². The van der Waals surface area contributed by atoms with E-state index < -0.39 is 11.8 Å². The molecule has 2 aromatic rings. The number of benzene rings is 2. The largest absolute Gasteiger partial charge is 0.504 e. The first-order valence-electron chi connectivity index (χ1n) is 14.5. The lowest BCUT2D eigenvalue weighted by molar-refractivity contribution is -0.153. The fourth-order valence-electron chi connectivity index (χ4n) is 6.48. The summed E-state index contributed by atoms with van der Waals surface area (Å²) < 4.78 is 22.6. The normalized spacial score (nSPS) is 23.0. The van der Waals surface area contributed by atoms with Crippen LogP contribution in [0.5, 0.6) is 23.0 Å². The van der Waals surface area contributed by atoms with Crippen molar-refractivity contribution in [3.63, 3.8) is 0 Å². The molecule has 8 nitrogen and oxygen atoms in total. The number of aliphatic imine (C=N–C) groups is 1. The Hall–Kier alpha value is -3.81. The van der Waals surface area contributed by atoms with Gasteiger partial charge in [-0.2, -0.15) is 0 Å². The van der Waals surface area contributed by atoms with E-state index in [2.05, 4.69) is 0 Å². The summed E-state index contributed by atoms with van der Waals surface area (Å²) in [5.41, 5.74) is 3.55. The van der Waals surface area contributed by atoms with Crippen molar-refractivity contribution >= 4 is 17.5 Å². The van der Waals surface area contributed by atoms with Gasteiger partial charge in [-0.1, -0.05) is 18.6 Å². The molecule has 2 aromatic carbocycles. The zero-order valence-corrected chi connectivity index (χ0v) is 24.3. The minimum atomic E-state index is -0.740. The lowest BCUT2D eigenvalue weighted by Gasteiger charge is -2.37. The number of nitrogens with zero attached hydrogens (tertiary/aromatic N) is 1. The molecular formula is C33H39NO7. The summed E-state index contributed by atoms with van der Waals surface area (Å²) in [4.78, 5) is 32.7. The van der Waals surface area contributed by atoms with Gasteiger partial charge in [0, 0.05) is 29.3 Å². The predicted octanol–water partition coefficient (Wildman–Crippen LogP) is 6.26. The first-order chi connectivity index (χ1) is 19.8. The molecule has 0 saturated heterocycles. The maximum atomic E-state index is 14.0. The number of ketones is 1. The van der Waals surface area contributed by atoms with Crippen molar-refractivity contribution in [3.8, 4) is 23.0 Å². The number of aromatic hydroxyl groups is 1. The van der Waals surface area contributed by atoms with Gasteiger partial charge in [0.2, 0.25) is 0 Å². The maximum absolute atomic E-state index is 14.0. The SMILES string of the molecule is CCOc1cc(C2C3=C(CC(c4ccc(OC)c(OC)c4)CC3=O)N=C(C)C2C(=O)OC2CCCCC2)ccc1O. The third kappa shape index (κ3) is 5.83. The number of methoxy groups -OCH3 is 2. The van der Waals surface area contributed by atoms with Crippen LogP contribution in [0, 0.1) is 5.92 Å². The number of carbonyl (C=O) groups excluding carboxylic acids is 2. The molecule has 2 aliphatic carbocycles. The van der Waals surface area contributed by atoms with Crippen molar-refractivity contribution in [1.82, 2.24) is 0 Å². The minimum absolute atomic E-state index is 0.0100. The summed E-state index contributed by atoms with van der Waals surface area (Å²) in [5.74, 6) is -0.257. The number of hydrogen-bond acceptors (Lipinski definition) is 8. The smallest absolute Gasteiger partial charge is 0.315 e. The molecule has 218 valence electrons. The van der Waals surface area contributed by atoms with Gasteiger partial charge < -0.3 is 24.1 Å². The van der Waals surface area contributed by atoms with Crippen LogP contribution < -0.4 is 14.2 Å². The van der Waals surface area contributed by atoms with Crippen LogP contribution >= 0.6 is 0 Å². The Morgan fingerprint density at radius 1 is 0.951 bits per heavy atom. The van der Waals surface area contributed by atoms with E-state index in [0.29, 0.717) is 47.3 Å². The quantitative estimate of drug-likeness (QED) is 0.380. The Morgan fingerprint density at radius 2 is 1.66 bits per heavy atom. The van der Waals surface area contributed by atoms with Crippen LogP contribution in [0.15, 0.2) is 52.7 Å². The molecule has 0 spiro atoms. The number of ether oxygens (including phenoxy) is 4. The van der Waals surface area contributed by atoms with E-state index >= 15 is 0 Å².